The van der Waals surface area contributed by atoms with Crippen LogP contribution in [0.25, 0.3) is 6.08 Å². The minimum absolute atomic E-state index is 0.135. The normalized spacial score (nSPS) is 11.1. The third kappa shape index (κ3) is 3.95. The first-order valence-corrected chi connectivity index (χ1v) is 5.04. The molecule has 0 amide bonds. The standard InChI is InChI=1S/C12H12N2O3/c1-8(2)17-12(16)10(7-13)5-9-3-4-14-11(15)6-9/h3-6,8H,1-2H3,(H,14,15)/b10-5-. The van der Waals surface area contributed by atoms with Gasteiger partial charge in [-0.2, -0.15) is 5.26 Å². The number of carbonyl (C=O) groups excluding carboxylic acids is 1. The maximum absolute atomic E-state index is 11.5. The van der Waals surface area contributed by atoms with Crippen LogP contribution in [0, 0.1) is 11.3 Å². The van der Waals surface area contributed by atoms with Crippen LogP contribution in [0.3, 0.4) is 0 Å². The van der Waals surface area contributed by atoms with E-state index in [1.807, 2.05) is 0 Å². The lowest BCUT2D eigenvalue weighted by Crippen LogP contribution is -2.13. The summed E-state index contributed by atoms with van der Waals surface area (Å²) in [6.07, 6.45) is 2.47. The number of H-pyrrole nitrogens is 1. The van der Waals surface area contributed by atoms with Crippen LogP contribution >= 0.6 is 0 Å². The van der Waals surface area contributed by atoms with Crippen LogP contribution < -0.4 is 5.56 Å². The number of pyridine rings is 1. The van der Waals surface area contributed by atoms with Crippen molar-refractivity contribution in [3.05, 3.63) is 39.8 Å². The van der Waals surface area contributed by atoms with E-state index in [1.54, 1.807) is 26.0 Å². The van der Waals surface area contributed by atoms with Crippen molar-refractivity contribution in [1.29, 1.82) is 5.26 Å². The topological polar surface area (TPSA) is 82.9 Å². The van der Waals surface area contributed by atoms with E-state index in [2.05, 4.69) is 4.98 Å². The van der Waals surface area contributed by atoms with Gasteiger partial charge in [0.15, 0.2) is 0 Å². The first-order chi connectivity index (χ1) is 8.02. The van der Waals surface area contributed by atoms with E-state index in [4.69, 9.17) is 10.00 Å². The second kappa shape index (κ2) is 5.66. The van der Waals surface area contributed by atoms with Crippen LogP contribution in [-0.2, 0) is 9.53 Å². The van der Waals surface area contributed by atoms with E-state index in [0.717, 1.165) is 0 Å². The molecule has 1 rings (SSSR count). The lowest BCUT2D eigenvalue weighted by Gasteiger charge is -2.06. The van der Waals surface area contributed by atoms with Gasteiger partial charge in [-0.3, -0.25) is 4.79 Å². The van der Waals surface area contributed by atoms with Gasteiger partial charge in [-0.05, 0) is 31.6 Å². The van der Waals surface area contributed by atoms with Gasteiger partial charge < -0.3 is 9.72 Å². The Labute approximate surface area is 98.3 Å². The van der Waals surface area contributed by atoms with Crippen LogP contribution in [0.4, 0.5) is 0 Å². The third-order valence-corrected chi connectivity index (χ3v) is 1.79. The van der Waals surface area contributed by atoms with Crippen molar-refractivity contribution in [1.82, 2.24) is 4.98 Å². The molecule has 0 aliphatic carbocycles. The Balaban J connectivity index is 2.99. The van der Waals surface area contributed by atoms with Crippen molar-refractivity contribution in [2.75, 3.05) is 0 Å². The highest BCUT2D eigenvalue weighted by molar-refractivity contribution is 5.97. The highest BCUT2D eigenvalue weighted by Gasteiger charge is 2.12. The van der Waals surface area contributed by atoms with Gasteiger partial charge in [0.25, 0.3) is 0 Å². The molecular formula is C12H12N2O3. The Morgan fingerprint density at radius 1 is 1.59 bits per heavy atom. The number of rotatable bonds is 3. The van der Waals surface area contributed by atoms with E-state index in [9.17, 15) is 9.59 Å². The van der Waals surface area contributed by atoms with Gasteiger partial charge in [0.1, 0.15) is 11.6 Å². The Morgan fingerprint density at radius 3 is 2.82 bits per heavy atom. The van der Waals surface area contributed by atoms with Gasteiger partial charge in [0, 0.05) is 12.3 Å². The number of esters is 1. The van der Waals surface area contributed by atoms with Crippen molar-refractivity contribution in [2.45, 2.75) is 20.0 Å². The van der Waals surface area contributed by atoms with Gasteiger partial charge >= 0.3 is 5.97 Å². The summed E-state index contributed by atoms with van der Waals surface area (Å²) in [5.41, 5.74) is 0.0450. The van der Waals surface area contributed by atoms with Crippen molar-refractivity contribution in [2.24, 2.45) is 0 Å². The average Bonchev–Trinajstić information content (AvgIpc) is 2.24. The maximum Gasteiger partial charge on any atom is 0.349 e. The molecule has 0 aliphatic heterocycles. The number of nitrogens with one attached hydrogen (secondary N) is 1. The van der Waals surface area contributed by atoms with Gasteiger partial charge in [0.05, 0.1) is 6.10 Å². The molecule has 0 aliphatic rings. The van der Waals surface area contributed by atoms with E-state index in [1.165, 1.54) is 18.3 Å². The SMILES string of the molecule is CC(C)OC(=O)/C(C#N)=C\c1cc[nH]c(=O)c1. The molecule has 5 nitrogen and oxygen atoms in total. The fraction of sp³-hybridized carbons (Fsp3) is 0.250. The smallest absolute Gasteiger partial charge is 0.349 e. The predicted molar refractivity (Wildman–Crippen MR) is 61.9 cm³/mol. The average molecular weight is 232 g/mol. The van der Waals surface area contributed by atoms with Gasteiger partial charge in [-0.15, -0.1) is 0 Å². The molecule has 0 saturated heterocycles. The van der Waals surface area contributed by atoms with E-state index in [-0.39, 0.29) is 17.2 Å². The summed E-state index contributed by atoms with van der Waals surface area (Å²) < 4.78 is 4.89. The van der Waals surface area contributed by atoms with Crippen molar-refractivity contribution in [3.8, 4) is 6.07 Å². The number of aromatic nitrogens is 1. The fourth-order valence-electron chi connectivity index (χ4n) is 1.13. The van der Waals surface area contributed by atoms with Crippen LogP contribution in [-0.4, -0.2) is 17.1 Å². The van der Waals surface area contributed by atoms with E-state index >= 15 is 0 Å². The molecule has 5 heteroatoms. The molecule has 0 saturated carbocycles. The second-order valence-electron chi connectivity index (χ2n) is 3.61. The Kier molecular flexibility index (Phi) is 4.23. The number of carbonyl (C=O) groups is 1. The molecule has 1 heterocycles. The molecular weight excluding hydrogens is 220 g/mol. The summed E-state index contributed by atoms with van der Waals surface area (Å²) in [4.78, 5) is 24.9. The highest BCUT2D eigenvalue weighted by Crippen LogP contribution is 2.06. The number of nitrogens with zero attached hydrogens (tertiary/aromatic N) is 1. The predicted octanol–water partition coefficient (Wildman–Crippen LogP) is 1.23. The first kappa shape index (κ1) is 12.7. The highest BCUT2D eigenvalue weighted by atomic mass is 16.5. The molecule has 17 heavy (non-hydrogen) atoms. The van der Waals surface area contributed by atoms with E-state index < -0.39 is 5.97 Å². The molecule has 0 radical (unpaired) electrons. The summed E-state index contributed by atoms with van der Waals surface area (Å²) in [6, 6.07) is 4.63. The maximum atomic E-state index is 11.5. The Bertz CT molecular complexity index is 535. The summed E-state index contributed by atoms with van der Waals surface area (Å²) in [5, 5.41) is 8.83. The number of hydrogen-bond acceptors (Lipinski definition) is 4. The molecule has 88 valence electrons. The molecule has 0 fully saturated rings. The van der Waals surface area contributed by atoms with Crippen LogP contribution in [0.2, 0.25) is 0 Å². The zero-order valence-electron chi connectivity index (χ0n) is 9.56. The summed E-state index contributed by atoms with van der Waals surface area (Å²) in [5.74, 6) is -0.692. The zero-order valence-corrected chi connectivity index (χ0v) is 9.56. The fourth-order valence-corrected chi connectivity index (χ4v) is 1.13. The molecule has 0 spiro atoms. The molecule has 0 aromatic carbocycles. The van der Waals surface area contributed by atoms with Gasteiger partial charge in [-0.1, -0.05) is 0 Å². The molecule has 0 bridgehead atoms. The minimum atomic E-state index is -0.692. The largest absolute Gasteiger partial charge is 0.459 e. The molecule has 1 aromatic rings. The Morgan fingerprint density at radius 2 is 2.29 bits per heavy atom. The molecule has 0 atom stereocenters. The number of ether oxygens (including phenoxy) is 1. The number of aromatic amines is 1. The van der Waals surface area contributed by atoms with Gasteiger partial charge in [-0.25, -0.2) is 4.79 Å². The Hall–Kier alpha value is -2.35. The van der Waals surface area contributed by atoms with Crippen LogP contribution in [0.1, 0.15) is 19.4 Å². The zero-order chi connectivity index (χ0) is 12.8. The third-order valence-electron chi connectivity index (χ3n) is 1.79. The lowest BCUT2D eigenvalue weighted by molar-refractivity contribution is -0.142. The summed E-state index contributed by atoms with van der Waals surface area (Å²) in [7, 11) is 0. The van der Waals surface area contributed by atoms with E-state index in [0.29, 0.717) is 5.56 Å². The monoisotopic (exact) mass is 232 g/mol. The molecule has 0 unspecified atom stereocenters. The number of hydrogen-bond donors (Lipinski definition) is 1. The van der Waals surface area contributed by atoms with Crippen LogP contribution in [0.5, 0.6) is 0 Å². The summed E-state index contributed by atoms with van der Waals surface area (Å²) >= 11 is 0. The van der Waals surface area contributed by atoms with Crippen molar-refractivity contribution in [3.63, 3.8) is 0 Å². The summed E-state index contributed by atoms with van der Waals surface area (Å²) in [6.45, 7) is 3.39. The molecule has 1 N–H and O–H groups in total. The first-order valence-electron chi connectivity index (χ1n) is 5.04. The van der Waals surface area contributed by atoms with Crippen LogP contribution in [0.15, 0.2) is 28.7 Å². The molecule has 1 aromatic heterocycles. The lowest BCUT2D eigenvalue weighted by atomic mass is 10.2. The number of nitriles is 1. The van der Waals surface area contributed by atoms with Crippen molar-refractivity contribution < 1.29 is 9.53 Å². The quantitative estimate of drug-likeness (QED) is 0.482. The van der Waals surface area contributed by atoms with Gasteiger partial charge in [0.2, 0.25) is 5.56 Å². The van der Waals surface area contributed by atoms with Crippen molar-refractivity contribution >= 4 is 12.0 Å². The second-order valence-corrected chi connectivity index (χ2v) is 3.61. The minimum Gasteiger partial charge on any atom is -0.459 e.